The molecule has 0 N–H and O–H groups in total. The van der Waals surface area contributed by atoms with Gasteiger partial charge in [-0.05, 0) is 97.0 Å². The maximum absolute atomic E-state index is 14.7. The molecule has 1 unspecified atom stereocenters. The number of hydrogen-bond donors (Lipinski definition) is 0. The first-order valence-corrected chi connectivity index (χ1v) is 17.5. The molecular weight excluding hydrogens is 705 g/mol. The predicted octanol–water partition coefficient (Wildman–Crippen LogP) is 7.48. The van der Waals surface area contributed by atoms with Crippen molar-refractivity contribution in [2.45, 2.75) is 30.6 Å². The van der Waals surface area contributed by atoms with E-state index in [4.69, 9.17) is 11.6 Å². The van der Waals surface area contributed by atoms with Crippen LogP contribution in [0.15, 0.2) is 107 Å². The summed E-state index contributed by atoms with van der Waals surface area (Å²) in [5, 5.41) is 0.314. The van der Waals surface area contributed by atoms with Gasteiger partial charge >= 0.3 is 0 Å². The summed E-state index contributed by atoms with van der Waals surface area (Å²) < 4.78 is 57.4. The van der Waals surface area contributed by atoms with Gasteiger partial charge in [-0.25, -0.2) is 21.1 Å². The maximum atomic E-state index is 14.7. The molecule has 42 heavy (non-hydrogen) atoms. The van der Waals surface area contributed by atoms with Crippen LogP contribution in [-0.4, -0.2) is 28.5 Å². The van der Waals surface area contributed by atoms with Crippen molar-refractivity contribution in [3.63, 3.8) is 0 Å². The van der Waals surface area contributed by atoms with Crippen LogP contribution < -0.4 is 4.31 Å². The lowest BCUT2D eigenvalue weighted by Gasteiger charge is -2.42. The standard InChI is InChI=1S/C32H27ClINO5S2/c1-21-9-13-23(14-10-21)30(34)29-27-19-24(33)15-18-28(27)35(42(39,40)26-7-5-4-6-8-26)31(36)32(29,3)20-41(37,38)25-16-11-22(2)12-17-25/h4-19H,20H2,1-3H3/b30-29-. The summed E-state index contributed by atoms with van der Waals surface area (Å²) in [7, 11) is -8.52. The highest BCUT2D eigenvalue weighted by molar-refractivity contribution is 14.1. The molecule has 6 nitrogen and oxygen atoms in total. The van der Waals surface area contributed by atoms with Gasteiger partial charge in [-0.1, -0.05) is 77.3 Å². The van der Waals surface area contributed by atoms with Crippen molar-refractivity contribution in [1.29, 1.82) is 0 Å². The molecule has 0 saturated carbocycles. The average Bonchev–Trinajstić information content (AvgIpc) is 2.94. The normalized spacial score (nSPS) is 18.5. The molecule has 4 aromatic rings. The lowest BCUT2D eigenvalue weighted by atomic mass is 9.75. The van der Waals surface area contributed by atoms with Crippen molar-refractivity contribution in [3.8, 4) is 0 Å². The zero-order chi connectivity index (χ0) is 30.4. The number of benzene rings is 4. The van der Waals surface area contributed by atoms with E-state index in [-0.39, 0.29) is 15.5 Å². The number of sulfone groups is 1. The molecule has 0 aliphatic carbocycles. The number of fused-ring (bicyclic) bond motifs is 1. The molecule has 1 aliphatic heterocycles. The minimum atomic E-state index is -4.43. The second-order valence-electron chi connectivity index (χ2n) is 10.5. The summed E-state index contributed by atoms with van der Waals surface area (Å²) in [5.41, 5.74) is 1.72. The highest BCUT2D eigenvalue weighted by Gasteiger charge is 2.53. The molecule has 0 saturated heterocycles. The molecule has 10 heteroatoms. The fourth-order valence-electron chi connectivity index (χ4n) is 5.11. The Kier molecular flexibility index (Phi) is 8.17. The Balaban J connectivity index is 1.84. The van der Waals surface area contributed by atoms with Crippen molar-refractivity contribution in [3.05, 3.63) is 124 Å². The first-order chi connectivity index (χ1) is 19.8. The predicted molar refractivity (Wildman–Crippen MR) is 176 cm³/mol. The van der Waals surface area contributed by atoms with Crippen LogP contribution in [0.25, 0.3) is 9.15 Å². The topological polar surface area (TPSA) is 88.6 Å². The molecule has 0 fully saturated rings. The number of nitrogens with zero attached hydrogens (tertiary/aromatic N) is 1. The van der Waals surface area contributed by atoms with E-state index in [9.17, 15) is 21.6 Å². The summed E-state index contributed by atoms with van der Waals surface area (Å²) in [6, 6.07) is 26.2. The van der Waals surface area contributed by atoms with Gasteiger partial charge in [-0.3, -0.25) is 4.79 Å². The zero-order valence-corrected chi connectivity index (χ0v) is 27.6. The second kappa shape index (κ2) is 11.3. The van der Waals surface area contributed by atoms with Gasteiger partial charge in [0.1, 0.15) is 0 Å². The SMILES string of the molecule is Cc1ccc(/C(I)=C2\c3cc(Cl)ccc3N(S(=O)(=O)c3ccccc3)C(=O)C2(C)CS(=O)(=O)c2ccc(C)cc2)cc1. The number of aryl methyl sites for hydroxylation is 2. The second-order valence-corrected chi connectivity index (χ2v) is 15.8. The van der Waals surface area contributed by atoms with Crippen LogP contribution >= 0.6 is 34.2 Å². The number of rotatable bonds is 6. The maximum Gasteiger partial charge on any atom is 0.270 e. The number of anilines is 1. The minimum absolute atomic E-state index is 0.0428. The molecule has 5 rings (SSSR count). The lowest BCUT2D eigenvalue weighted by Crippen LogP contribution is -2.52. The van der Waals surface area contributed by atoms with E-state index < -0.39 is 36.9 Å². The zero-order valence-electron chi connectivity index (χ0n) is 23.0. The van der Waals surface area contributed by atoms with Crippen molar-refractivity contribution in [1.82, 2.24) is 0 Å². The van der Waals surface area contributed by atoms with Crippen LogP contribution in [-0.2, 0) is 24.7 Å². The lowest BCUT2D eigenvalue weighted by molar-refractivity contribution is -0.122. The van der Waals surface area contributed by atoms with Crippen LogP contribution in [0.3, 0.4) is 0 Å². The van der Waals surface area contributed by atoms with E-state index >= 15 is 0 Å². The molecule has 1 heterocycles. The Bertz CT molecular complexity index is 1940. The summed E-state index contributed by atoms with van der Waals surface area (Å²) in [6.45, 7) is 5.30. The minimum Gasteiger partial charge on any atom is -0.272 e. The average molecular weight is 732 g/mol. The van der Waals surface area contributed by atoms with Crippen molar-refractivity contribution < 1.29 is 21.6 Å². The van der Waals surface area contributed by atoms with E-state index in [0.29, 0.717) is 19.7 Å². The van der Waals surface area contributed by atoms with Crippen LogP contribution in [0.5, 0.6) is 0 Å². The highest BCUT2D eigenvalue weighted by Crippen LogP contribution is 2.54. The van der Waals surface area contributed by atoms with Gasteiger partial charge in [-0.2, -0.15) is 0 Å². The van der Waals surface area contributed by atoms with E-state index in [1.807, 2.05) is 38.1 Å². The van der Waals surface area contributed by atoms with Gasteiger partial charge < -0.3 is 0 Å². The van der Waals surface area contributed by atoms with Gasteiger partial charge in [-0.15, -0.1) is 0 Å². The molecular formula is C32H27ClINO5S2. The van der Waals surface area contributed by atoms with Crippen molar-refractivity contribution in [2.24, 2.45) is 5.41 Å². The fraction of sp³-hybridized carbons (Fsp3) is 0.156. The Morgan fingerprint density at radius 2 is 1.38 bits per heavy atom. The van der Waals surface area contributed by atoms with Gasteiger partial charge in [0.15, 0.2) is 9.84 Å². The summed E-state index contributed by atoms with van der Waals surface area (Å²) in [5.74, 6) is -1.53. The molecule has 0 spiro atoms. The molecule has 216 valence electrons. The van der Waals surface area contributed by atoms with E-state index in [1.165, 1.54) is 43.3 Å². The molecule has 1 atom stereocenters. The highest BCUT2D eigenvalue weighted by atomic mass is 127. The van der Waals surface area contributed by atoms with E-state index in [0.717, 1.165) is 21.0 Å². The monoisotopic (exact) mass is 731 g/mol. The van der Waals surface area contributed by atoms with Gasteiger partial charge in [0.2, 0.25) is 0 Å². The number of amides is 1. The largest absolute Gasteiger partial charge is 0.272 e. The van der Waals surface area contributed by atoms with E-state index in [1.54, 1.807) is 36.4 Å². The first-order valence-electron chi connectivity index (χ1n) is 13.0. The summed E-state index contributed by atoms with van der Waals surface area (Å²) in [6.07, 6.45) is 0. The third kappa shape index (κ3) is 5.43. The summed E-state index contributed by atoms with van der Waals surface area (Å²) >= 11 is 8.58. The molecule has 1 aliphatic rings. The number of carbonyl (C=O) groups excluding carboxylic acids is 1. The van der Waals surface area contributed by atoms with Crippen LogP contribution in [0.1, 0.15) is 29.2 Å². The molecule has 0 radical (unpaired) electrons. The van der Waals surface area contributed by atoms with Crippen molar-refractivity contribution >= 4 is 74.8 Å². The molecule has 0 bridgehead atoms. The van der Waals surface area contributed by atoms with Crippen LogP contribution in [0.4, 0.5) is 5.69 Å². The van der Waals surface area contributed by atoms with E-state index in [2.05, 4.69) is 22.6 Å². The molecule has 4 aromatic carbocycles. The first kappa shape index (κ1) is 30.5. The molecule has 0 aromatic heterocycles. The number of carbonyl (C=O) groups is 1. The fourth-order valence-corrected chi connectivity index (χ4v) is 9.82. The number of sulfonamides is 1. The quantitative estimate of drug-likeness (QED) is 0.192. The summed E-state index contributed by atoms with van der Waals surface area (Å²) in [4.78, 5) is 14.6. The molecule has 1 amide bonds. The van der Waals surface area contributed by atoms with Gasteiger partial charge in [0.05, 0.1) is 26.6 Å². The van der Waals surface area contributed by atoms with Crippen LogP contribution in [0.2, 0.25) is 5.02 Å². The van der Waals surface area contributed by atoms with Gasteiger partial charge in [0, 0.05) is 14.2 Å². The van der Waals surface area contributed by atoms with Crippen molar-refractivity contribution in [2.75, 3.05) is 10.1 Å². The number of halogens is 2. The Hall–Kier alpha value is -2.99. The smallest absolute Gasteiger partial charge is 0.270 e. The Morgan fingerprint density at radius 3 is 1.98 bits per heavy atom. The Labute approximate surface area is 265 Å². The third-order valence-electron chi connectivity index (χ3n) is 7.32. The number of hydrogen-bond acceptors (Lipinski definition) is 5. The third-order valence-corrected chi connectivity index (χ3v) is 12.4. The van der Waals surface area contributed by atoms with Gasteiger partial charge in [0.25, 0.3) is 15.9 Å². The van der Waals surface area contributed by atoms with Crippen LogP contribution in [0, 0.1) is 19.3 Å². The Morgan fingerprint density at radius 1 is 0.810 bits per heavy atom.